The molecule has 0 fully saturated rings. The predicted molar refractivity (Wildman–Crippen MR) is 125 cm³/mol. The van der Waals surface area contributed by atoms with Crippen molar-refractivity contribution in [2.24, 2.45) is 5.92 Å². The number of nitrogens with one attached hydrogen (secondary N) is 2. The SMILES string of the molecule is COc1ncccc1-c1ccc(O)c(-c2nc3cc(C(=O)NC(C)C(C)C)ccc3[nH]2)c1. The van der Waals surface area contributed by atoms with Crippen LogP contribution in [0.4, 0.5) is 0 Å². The summed E-state index contributed by atoms with van der Waals surface area (Å²) in [6, 6.07) is 14.4. The Morgan fingerprint density at radius 3 is 2.66 bits per heavy atom. The van der Waals surface area contributed by atoms with Gasteiger partial charge in [0, 0.05) is 23.4 Å². The number of amides is 1. The van der Waals surface area contributed by atoms with Crippen LogP contribution in [0.3, 0.4) is 0 Å². The minimum Gasteiger partial charge on any atom is -0.507 e. The lowest BCUT2D eigenvalue weighted by atomic mass is 10.0. The molecule has 4 rings (SSSR count). The molecule has 2 aromatic carbocycles. The van der Waals surface area contributed by atoms with Gasteiger partial charge in [-0.15, -0.1) is 0 Å². The molecule has 0 spiro atoms. The van der Waals surface area contributed by atoms with E-state index < -0.39 is 0 Å². The molecule has 1 unspecified atom stereocenters. The molecule has 2 heterocycles. The van der Waals surface area contributed by atoms with Crippen LogP contribution in [0.1, 0.15) is 31.1 Å². The number of ether oxygens (including phenoxy) is 1. The fourth-order valence-electron chi connectivity index (χ4n) is 3.40. The lowest BCUT2D eigenvalue weighted by Crippen LogP contribution is -2.36. The van der Waals surface area contributed by atoms with Gasteiger partial charge in [0.1, 0.15) is 11.6 Å². The number of fused-ring (bicyclic) bond motifs is 1. The number of nitrogens with zero attached hydrogens (tertiary/aromatic N) is 2. The summed E-state index contributed by atoms with van der Waals surface area (Å²) in [6.07, 6.45) is 1.67. The molecular formula is C25H26N4O3. The van der Waals surface area contributed by atoms with Crippen molar-refractivity contribution < 1.29 is 14.6 Å². The van der Waals surface area contributed by atoms with E-state index in [-0.39, 0.29) is 17.7 Å². The van der Waals surface area contributed by atoms with Gasteiger partial charge in [0.05, 0.1) is 23.7 Å². The number of phenolic OH excluding ortho intramolecular Hbond substituents is 1. The number of carbonyl (C=O) groups excluding carboxylic acids is 1. The van der Waals surface area contributed by atoms with Gasteiger partial charge in [-0.1, -0.05) is 19.9 Å². The first kappa shape index (κ1) is 21.4. The minimum absolute atomic E-state index is 0.0668. The van der Waals surface area contributed by atoms with Gasteiger partial charge in [-0.05, 0) is 60.9 Å². The summed E-state index contributed by atoms with van der Waals surface area (Å²) in [6.45, 7) is 6.12. The van der Waals surface area contributed by atoms with E-state index >= 15 is 0 Å². The lowest BCUT2D eigenvalue weighted by molar-refractivity contribution is 0.0930. The van der Waals surface area contributed by atoms with Crippen molar-refractivity contribution in [3.05, 3.63) is 60.3 Å². The third-order valence-corrected chi connectivity index (χ3v) is 5.63. The van der Waals surface area contributed by atoms with Crippen molar-refractivity contribution in [2.45, 2.75) is 26.8 Å². The molecule has 0 bridgehead atoms. The van der Waals surface area contributed by atoms with Gasteiger partial charge in [-0.3, -0.25) is 4.79 Å². The molecular weight excluding hydrogens is 404 g/mol. The molecule has 7 heteroatoms. The number of benzene rings is 2. The number of aromatic nitrogens is 3. The van der Waals surface area contributed by atoms with Crippen molar-refractivity contribution in [2.75, 3.05) is 7.11 Å². The quantitative estimate of drug-likeness (QED) is 0.409. The number of hydrogen-bond acceptors (Lipinski definition) is 5. The molecule has 0 radical (unpaired) electrons. The number of pyridine rings is 1. The van der Waals surface area contributed by atoms with Crippen molar-refractivity contribution in [3.63, 3.8) is 0 Å². The van der Waals surface area contributed by atoms with Gasteiger partial charge in [-0.2, -0.15) is 0 Å². The zero-order chi connectivity index (χ0) is 22.8. The van der Waals surface area contributed by atoms with Crippen LogP contribution in [0.2, 0.25) is 0 Å². The standard InChI is InChI=1S/C25H26N4O3/c1-14(2)15(3)27-24(31)17-7-9-20-21(13-17)29-23(28-20)19-12-16(8-10-22(19)30)18-6-5-11-26-25(18)32-4/h5-15,30H,1-4H3,(H,27,31)(H,28,29). The highest BCUT2D eigenvalue weighted by Crippen LogP contribution is 2.35. The third-order valence-electron chi connectivity index (χ3n) is 5.63. The van der Waals surface area contributed by atoms with E-state index in [1.807, 2.05) is 31.2 Å². The number of H-pyrrole nitrogens is 1. The van der Waals surface area contributed by atoms with Crippen molar-refractivity contribution in [3.8, 4) is 34.1 Å². The highest BCUT2D eigenvalue weighted by Gasteiger charge is 2.16. The van der Waals surface area contributed by atoms with Gasteiger partial charge >= 0.3 is 0 Å². The van der Waals surface area contributed by atoms with Crippen LogP contribution in [0.25, 0.3) is 33.5 Å². The maximum absolute atomic E-state index is 12.6. The molecule has 2 aromatic heterocycles. The number of aromatic amines is 1. The Labute approximate surface area is 186 Å². The molecule has 0 aliphatic heterocycles. The Bertz CT molecular complexity index is 1280. The molecule has 164 valence electrons. The molecule has 1 amide bonds. The van der Waals surface area contributed by atoms with Crippen LogP contribution in [0.5, 0.6) is 11.6 Å². The van der Waals surface area contributed by atoms with Crippen LogP contribution in [0.15, 0.2) is 54.7 Å². The molecule has 7 nitrogen and oxygen atoms in total. The summed E-state index contributed by atoms with van der Waals surface area (Å²) in [7, 11) is 1.57. The summed E-state index contributed by atoms with van der Waals surface area (Å²) in [5.74, 6) is 1.31. The lowest BCUT2D eigenvalue weighted by Gasteiger charge is -2.17. The van der Waals surface area contributed by atoms with Gasteiger partial charge in [0.25, 0.3) is 5.91 Å². The van der Waals surface area contributed by atoms with E-state index in [2.05, 4.69) is 34.1 Å². The second kappa shape index (κ2) is 8.70. The third kappa shape index (κ3) is 4.14. The van der Waals surface area contributed by atoms with E-state index in [9.17, 15) is 9.90 Å². The number of aromatic hydroxyl groups is 1. The van der Waals surface area contributed by atoms with Crippen LogP contribution in [-0.4, -0.2) is 39.1 Å². The number of carbonyl (C=O) groups is 1. The number of phenols is 1. The van der Waals surface area contributed by atoms with Crippen LogP contribution in [-0.2, 0) is 0 Å². The summed E-state index contributed by atoms with van der Waals surface area (Å²) in [5.41, 5.74) is 4.16. The van der Waals surface area contributed by atoms with Gasteiger partial charge in [-0.25, -0.2) is 9.97 Å². The molecule has 1 atom stereocenters. The average molecular weight is 431 g/mol. The van der Waals surface area contributed by atoms with Gasteiger partial charge < -0.3 is 20.1 Å². The molecule has 0 aliphatic carbocycles. The highest BCUT2D eigenvalue weighted by atomic mass is 16.5. The fourth-order valence-corrected chi connectivity index (χ4v) is 3.40. The Hall–Kier alpha value is -3.87. The minimum atomic E-state index is -0.133. The Morgan fingerprint density at radius 1 is 1.09 bits per heavy atom. The molecule has 4 aromatic rings. The van der Waals surface area contributed by atoms with Gasteiger partial charge in [0.2, 0.25) is 5.88 Å². The van der Waals surface area contributed by atoms with E-state index in [1.165, 1.54) is 0 Å². The normalized spacial score (nSPS) is 12.2. The molecule has 0 saturated carbocycles. The zero-order valence-corrected chi connectivity index (χ0v) is 18.5. The first-order valence-electron chi connectivity index (χ1n) is 10.5. The number of methoxy groups -OCH3 is 1. The topological polar surface area (TPSA) is 100 Å². The fraction of sp³-hybridized carbons (Fsp3) is 0.240. The summed E-state index contributed by atoms with van der Waals surface area (Å²) < 4.78 is 5.37. The molecule has 0 aliphatic rings. The molecule has 0 saturated heterocycles. The van der Waals surface area contributed by atoms with Crippen molar-refractivity contribution >= 4 is 16.9 Å². The molecule has 32 heavy (non-hydrogen) atoms. The van der Waals surface area contributed by atoms with Crippen LogP contribution >= 0.6 is 0 Å². The maximum atomic E-state index is 12.6. The monoisotopic (exact) mass is 430 g/mol. The number of imidazole rings is 1. The number of hydrogen-bond donors (Lipinski definition) is 3. The maximum Gasteiger partial charge on any atom is 0.251 e. The van der Waals surface area contributed by atoms with Crippen LogP contribution < -0.4 is 10.1 Å². The summed E-state index contributed by atoms with van der Waals surface area (Å²) in [4.78, 5) is 24.7. The second-order valence-electron chi connectivity index (χ2n) is 8.12. The van der Waals surface area contributed by atoms with Gasteiger partial charge in [0.15, 0.2) is 0 Å². The van der Waals surface area contributed by atoms with E-state index in [1.54, 1.807) is 37.6 Å². The van der Waals surface area contributed by atoms with Crippen molar-refractivity contribution in [1.29, 1.82) is 0 Å². The summed E-state index contributed by atoms with van der Waals surface area (Å²) in [5, 5.41) is 13.5. The van der Waals surface area contributed by atoms with E-state index in [4.69, 9.17) is 4.74 Å². The Kier molecular flexibility index (Phi) is 5.81. The Morgan fingerprint density at radius 2 is 1.91 bits per heavy atom. The molecule has 3 N–H and O–H groups in total. The first-order chi connectivity index (χ1) is 15.4. The average Bonchev–Trinajstić information content (AvgIpc) is 3.22. The van der Waals surface area contributed by atoms with Crippen molar-refractivity contribution in [1.82, 2.24) is 20.3 Å². The zero-order valence-electron chi connectivity index (χ0n) is 18.5. The summed E-state index contributed by atoms with van der Waals surface area (Å²) >= 11 is 0. The largest absolute Gasteiger partial charge is 0.507 e. The second-order valence-corrected chi connectivity index (χ2v) is 8.12. The van der Waals surface area contributed by atoms with Crippen LogP contribution in [0, 0.1) is 5.92 Å². The smallest absolute Gasteiger partial charge is 0.251 e. The van der Waals surface area contributed by atoms with E-state index in [0.717, 1.165) is 16.6 Å². The Balaban J connectivity index is 1.70. The predicted octanol–water partition coefficient (Wildman–Crippen LogP) is 4.78. The van der Waals surface area contributed by atoms with E-state index in [0.29, 0.717) is 34.3 Å². The first-order valence-corrected chi connectivity index (χ1v) is 10.5. The number of rotatable bonds is 6. The highest BCUT2D eigenvalue weighted by molar-refractivity contribution is 5.98.